The van der Waals surface area contributed by atoms with Gasteiger partial charge >= 0.3 is 0 Å². The van der Waals surface area contributed by atoms with Gasteiger partial charge in [0.05, 0.1) is 0 Å². The van der Waals surface area contributed by atoms with Crippen LogP contribution in [-0.4, -0.2) is 0 Å². The van der Waals surface area contributed by atoms with E-state index in [2.05, 4.69) is 6.08 Å². The lowest BCUT2D eigenvalue weighted by molar-refractivity contribution is 0.559. The second-order valence-corrected chi connectivity index (χ2v) is 3.30. The highest BCUT2D eigenvalue weighted by Crippen LogP contribution is 2.39. The molecule has 0 N–H and O–H groups in total. The van der Waals surface area contributed by atoms with Crippen LogP contribution in [0.4, 0.5) is 0 Å². The molecular weight excluding hydrogens is 108 g/mol. The van der Waals surface area contributed by atoms with Crippen molar-refractivity contribution in [3.8, 4) is 0 Å². The van der Waals surface area contributed by atoms with Crippen LogP contribution >= 0.6 is 0 Å². The molecule has 0 aromatic carbocycles. The molecule has 0 aliphatic heterocycles. The molecule has 2 rings (SSSR count). The first kappa shape index (κ1) is 5.52. The van der Waals surface area contributed by atoms with Gasteiger partial charge in [0.2, 0.25) is 0 Å². The Labute approximate surface area is 57.0 Å². The fourth-order valence-electron chi connectivity index (χ4n) is 1.79. The van der Waals surface area contributed by atoms with Gasteiger partial charge < -0.3 is 0 Å². The maximum atomic E-state index is 2.46. The lowest BCUT2D eigenvalue weighted by atomic mass is 10.0. The van der Waals surface area contributed by atoms with Crippen molar-refractivity contribution in [3.05, 3.63) is 11.6 Å². The van der Waals surface area contributed by atoms with Crippen LogP contribution in [0.15, 0.2) is 11.6 Å². The van der Waals surface area contributed by atoms with Gasteiger partial charge in [-0.3, -0.25) is 0 Å². The molecule has 2 aliphatic carbocycles. The minimum atomic E-state index is 0.977. The van der Waals surface area contributed by atoms with Crippen molar-refractivity contribution >= 4 is 0 Å². The van der Waals surface area contributed by atoms with E-state index < -0.39 is 0 Å². The highest BCUT2D eigenvalue weighted by molar-refractivity contribution is 5.28. The first-order chi connectivity index (χ1) is 4.47. The summed E-state index contributed by atoms with van der Waals surface area (Å²) in [4.78, 5) is 0. The summed E-state index contributed by atoms with van der Waals surface area (Å²) >= 11 is 0. The van der Waals surface area contributed by atoms with Crippen LogP contribution in [0.1, 0.15) is 38.5 Å². The quantitative estimate of drug-likeness (QED) is 0.433. The Morgan fingerprint density at radius 1 is 1.11 bits per heavy atom. The second kappa shape index (κ2) is 2.17. The average molecular weight is 122 g/mol. The minimum Gasteiger partial charge on any atom is -0.0775 e. The molecule has 0 nitrogen and oxygen atoms in total. The van der Waals surface area contributed by atoms with Crippen molar-refractivity contribution in [1.29, 1.82) is 0 Å². The highest BCUT2D eigenvalue weighted by Gasteiger charge is 2.23. The van der Waals surface area contributed by atoms with Crippen LogP contribution in [0.3, 0.4) is 0 Å². The molecule has 0 heteroatoms. The van der Waals surface area contributed by atoms with Gasteiger partial charge in [-0.2, -0.15) is 0 Å². The smallest absolute Gasteiger partial charge is 0.00202 e. The molecule has 0 radical (unpaired) electrons. The molecule has 0 spiro atoms. The highest BCUT2D eigenvalue weighted by atomic mass is 14.3. The van der Waals surface area contributed by atoms with Gasteiger partial charge in [-0.25, -0.2) is 0 Å². The Morgan fingerprint density at radius 3 is 3.00 bits per heavy atom. The van der Waals surface area contributed by atoms with E-state index in [4.69, 9.17) is 0 Å². The number of fused-ring (bicyclic) bond motifs is 1. The third kappa shape index (κ3) is 1.17. The molecule has 0 aromatic rings. The first-order valence-corrected chi connectivity index (χ1v) is 4.17. The van der Waals surface area contributed by atoms with Crippen molar-refractivity contribution in [2.75, 3.05) is 0 Å². The first-order valence-electron chi connectivity index (χ1n) is 4.17. The Bertz CT molecular complexity index is 133. The number of hydrogen-bond donors (Lipinski definition) is 0. The third-order valence-electron chi connectivity index (χ3n) is 2.51. The molecule has 1 fully saturated rings. The fourth-order valence-corrected chi connectivity index (χ4v) is 1.79. The van der Waals surface area contributed by atoms with Crippen LogP contribution in [0.25, 0.3) is 0 Å². The molecule has 0 bridgehead atoms. The Hall–Kier alpha value is -0.260. The predicted molar refractivity (Wildman–Crippen MR) is 39.3 cm³/mol. The molecule has 1 atom stereocenters. The summed E-state index contributed by atoms with van der Waals surface area (Å²) in [5, 5.41) is 0. The SMILES string of the molecule is C1=C2CCCCCCC12. The van der Waals surface area contributed by atoms with E-state index in [0.717, 1.165) is 5.92 Å². The summed E-state index contributed by atoms with van der Waals surface area (Å²) < 4.78 is 0. The van der Waals surface area contributed by atoms with E-state index in [1.807, 2.05) is 0 Å². The normalized spacial score (nSPS) is 33.8. The summed E-state index contributed by atoms with van der Waals surface area (Å²) in [5.41, 5.74) is 1.77. The van der Waals surface area contributed by atoms with Gasteiger partial charge in [0, 0.05) is 0 Å². The van der Waals surface area contributed by atoms with Crippen LogP contribution in [0.5, 0.6) is 0 Å². The largest absolute Gasteiger partial charge is 0.0775 e. The molecule has 0 aromatic heterocycles. The monoisotopic (exact) mass is 122 g/mol. The minimum absolute atomic E-state index is 0.977. The molecule has 1 unspecified atom stereocenters. The van der Waals surface area contributed by atoms with E-state index in [0.29, 0.717) is 0 Å². The van der Waals surface area contributed by atoms with E-state index in [1.165, 1.54) is 38.5 Å². The van der Waals surface area contributed by atoms with Gasteiger partial charge in [0.1, 0.15) is 0 Å². The van der Waals surface area contributed by atoms with Gasteiger partial charge in [-0.1, -0.05) is 30.9 Å². The van der Waals surface area contributed by atoms with Gasteiger partial charge in [-0.15, -0.1) is 0 Å². The van der Waals surface area contributed by atoms with Gasteiger partial charge in [0.15, 0.2) is 0 Å². The van der Waals surface area contributed by atoms with Crippen molar-refractivity contribution < 1.29 is 0 Å². The molecule has 9 heavy (non-hydrogen) atoms. The molecule has 50 valence electrons. The van der Waals surface area contributed by atoms with Crippen molar-refractivity contribution in [2.24, 2.45) is 5.92 Å². The molecule has 2 aliphatic rings. The van der Waals surface area contributed by atoms with Gasteiger partial charge in [0.25, 0.3) is 0 Å². The van der Waals surface area contributed by atoms with Crippen LogP contribution in [0.2, 0.25) is 0 Å². The molecule has 1 saturated carbocycles. The Morgan fingerprint density at radius 2 is 2.00 bits per heavy atom. The lowest BCUT2D eigenvalue weighted by Gasteiger charge is -2.05. The lowest BCUT2D eigenvalue weighted by Crippen LogP contribution is -1.89. The molecule has 0 heterocycles. The third-order valence-corrected chi connectivity index (χ3v) is 2.51. The van der Waals surface area contributed by atoms with E-state index in [1.54, 1.807) is 5.57 Å². The molecular formula is C9H14. The second-order valence-electron chi connectivity index (χ2n) is 3.30. The summed E-state index contributed by atoms with van der Waals surface area (Å²) in [5.74, 6) is 0.977. The van der Waals surface area contributed by atoms with Crippen molar-refractivity contribution in [2.45, 2.75) is 38.5 Å². The number of hydrogen-bond acceptors (Lipinski definition) is 0. The van der Waals surface area contributed by atoms with Crippen molar-refractivity contribution in [1.82, 2.24) is 0 Å². The Balaban J connectivity index is 1.85. The maximum Gasteiger partial charge on any atom is -0.00202 e. The standard InChI is InChI=1S/C9H14/c1-2-4-6-9-7-8(9)5-3-1/h7-8H,1-6H2. The van der Waals surface area contributed by atoms with Crippen LogP contribution < -0.4 is 0 Å². The van der Waals surface area contributed by atoms with E-state index in [9.17, 15) is 0 Å². The van der Waals surface area contributed by atoms with Gasteiger partial charge in [-0.05, 0) is 25.2 Å². The molecule has 0 amide bonds. The van der Waals surface area contributed by atoms with Crippen LogP contribution in [-0.2, 0) is 0 Å². The van der Waals surface area contributed by atoms with E-state index >= 15 is 0 Å². The van der Waals surface area contributed by atoms with E-state index in [-0.39, 0.29) is 0 Å². The Kier molecular flexibility index (Phi) is 1.33. The van der Waals surface area contributed by atoms with Crippen LogP contribution in [0, 0.1) is 5.92 Å². The fraction of sp³-hybridized carbons (Fsp3) is 0.778. The summed E-state index contributed by atoms with van der Waals surface area (Å²) in [6.07, 6.45) is 11.2. The summed E-state index contributed by atoms with van der Waals surface area (Å²) in [6.45, 7) is 0. The zero-order chi connectivity index (χ0) is 6.10. The average Bonchev–Trinajstić information content (AvgIpc) is 2.46. The number of allylic oxidation sites excluding steroid dienone is 2. The zero-order valence-electron chi connectivity index (χ0n) is 5.90. The molecule has 0 saturated heterocycles. The summed E-state index contributed by atoms with van der Waals surface area (Å²) in [7, 11) is 0. The van der Waals surface area contributed by atoms with Crippen molar-refractivity contribution in [3.63, 3.8) is 0 Å². The summed E-state index contributed by atoms with van der Waals surface area (Å²) in [6, 6.07) is 0. The number of rotatable bonds is 0. The topological polar surface area (TPSA) is 0 Å². The predicted octanol–water partition coefficient (Wildman–Crippen LogP) is 2.90. The maximum absolute atomic E-state index is 2.46. The zero-order valence-corrected chi connectivity index (χ0v) is 5.90.